The van der Waals surface area contributed by atoms with Crippen LogP contribution in [0.15, 0.2) is 0 Å². The van der Waals surface area contributed by atoms with Crippen LogP contribution in [0.1, 0.15) is 1.43 Å². The minimum absolute atomic E-state index is 0. The number of rotatable bonds is 0. The maximum absolute atomic E-state index is 9.11. The zero-order chi connectivity index (χ0) is 8.08. The van der Waals surface area contributed by atoms with Crippen LogP contribution in [0.4, 0.5) is 0 Å². The van der Waals surface area contributed by atoms with E-state index in [1.54, 1.807) is 0 Å². The average molecular weight is 417 g/mol. The zero-order valence-corrected chi connectivity index (χ0v) is 11.7. The average Bonchev–Trinajstić information content (AvgIpc) is 1.19. The summed E-state index contributed by atoms with van der Waals surface area (Å²) < 4.78 is 46.8. The molecule has 4 N–H and O–H groups in total. The molecule has 11 heavy (non-hydrogen) atoms. The first-order valence-corrected chi connectivity index (χ1v) is 4.69. The van der Waals surface area contributed by atoms with Crippen LogP contribution in [0.2, 0.25) is 0 Å². The monoisotopic (exact) mass is 417 g/mol. The van der Waals surface area contributed by atoms with E-state index in [0.717, 1.165) is 0 Å². The Morgan fingerprint density at radius 1 is 1.36 bits per heavy atom. The Kier molecular flexibility index (Phi) is 25.5. The molecule has 0 atom stereocenters. The molecule has 0 aromatic carbocycles. The maximum atomic E-state index is 9.11. The molecule has 0 fully saturated rings. The minimum atomic E-state index is -3.83. The third-order valence-electron chi connectivity index (χ3n) is 0. The first-order valence-electron chi connectivity index (χ1n) is 1.23. The van der Waals surface area contributed by atoms with E-state index < -0.39 is 20.4 Å². The topological polar surface area (TPSA) is 115 Å². The molecule has 1 radical (unpaired) electrons. The van der Waals surface area contributed by atoms with Gasteiger partial charge in [0.15, 0.2) is 0 Å². The van der Waals surface area contributed by atoms with E-state index in [9.17, 15) is 0 Å². The van der Waals surface area contributed by atoms with Gasteiger partial charge in [0, 0.05) is 33.6 Å². The van der Waals surface area contributed by atoms with Gasteiger partial charge in [-0.05, 0) is 0 Å². The van der Waals surface area contributed by atoms with Gasteiger partial charge < -0.3 is 1.43 Å². The predicted octanol–water partition coefficient (Wildman–Crippen LogP) is -3.53. The second kappa shape index (κ2) is 12.1. The first kappa shape index (κ1) is 23.2. The molecule has 0 aliphatic carbocycles. The summed E-state index contributed by atoms with van der Waals surface area (Å²) in [6.45, 7) is 0. The molecular formula is H5AuNaO6S3. The fourth-order valence-corrected chi connectivity index (χ4v) is 0. The van der Waals surface area contributed by atoms with Crippen molar-refractivity contribution in [3.63, 3.8) is 0 Å². The quantitative estimate of drug-likeness (QED) is 0.239. The van der Waals surface area contributed by atoms with E-state index in [-0.39, 0.29) is 53.4 Å². The molecule has 0 saturated carbocycles. The van der Waals surface area contributed by atoms with Gasteiger partial charge in [-0.25, -0.2) is 0 Å². The molecule has 0 aromatic heterocycles. The molecule has 0 saturated heterocycles. The molecule has 0 bridgehead atoms. The van der Waals surface area contributed by atoms with Crippen LogP contribution < -0.4 is 29.6 Å². The molecule has 0 amide bonds. The van der Waals surface area contributed by atoms with E-state index in [1.165, 1.54) is 0 Å². The fraction of sp³-hybridized carbons (Fsp3) is 0. The molecule has 0 aromatic rings. The van der Waals surface area contributed by atoms with Crippen LogP contribution in [-0.4, -0.2) is 26.6 Å². The van der Waals surface area contributed by atoms with Crippen LogP contribution >= 0.6 is 0 Å². The van der Waals surface area contributed by atoms with Crippen LogP contribution in [0.3, 0.4) is 0 Å². The molecule has 0 heterocycles. The Morgan fingerprint density at radius 2 is 1.36 bits per heavy atom. The van der Waals surface area contributed by atoms with Gasteiger partial charge in [0.05, 0.1) is 0 Å². The van der Waals surface area contributed by atoms with Crippen molar-refractivity contribution in [3.8, 4) is 0 Å². The molecule has 0 aliphatic heterocycles. The maximum Gasteiger partial charge on any atom is 1.00 e. The van der Waals surface area contributed by atoms with Crippen LogP contribution in [0, 0.1) is 0 Å². The normalized spacial score (nSPS) is 8.45. The SMILES string of the molecule is O=S(O)(O)=S.O=S(O)O.[Au].[H-].[Na+]. The predicted molar refractivity (Wildman–Crippen MR) is 35.3 cm³/mol. The summed E-state index contributed by atoms with van der Waals surface area (Å²) in [4.78, 5) is 0. The third kappa shape index (κ3) is 280. The third-order valence-corrected chi connectivity index (χ3v) is 0. The van der Waals surface area contributed by atoms with Crippen molar-refractivity contribution in [2.45, 2.75) is 0 Å². The van der Waals surface area contributed by atoms with Crippen LogP contribution in [0.25, 0.3) is 0 Å². The summed E-state index contributed by atoms with van der Waals surface area (Å²) in [7, 11) is -3.83. The summed E-state index contributed by atoms with van der Waals surface area (Å²) in [5.41, 5.74) is 0. The molecule has 71 valence electrons. The van der Waals surface area contributed by atoms with Gasteiger partial charge in [-0.15, -0.1) is 0 Å². The second-order valence-corrected chi connectivity index (χ2v) is 3.34. The van der Waals surface area contributed by atoms with Gasteiger partial charge in [-0.2, -0.15) is 8.42 Å². The first-order chi connectivity index (χ1) is 3.73. The van der Waals surface area contributed by atoms with Crippen molar-refractivity contribution in [1.29, 1.82) is 0 Å². The molecule has 6 nitrogen and oxygen atoms in total. The van der Waals surface area contributed by atoms with Crippen molar-refractivity contribution < 1.29 is 80.0 Å². The summed E-state index contributed by atoms with van der Waals surface area (Å²) >= 11 is 0.854. The molecular weight excluding hydrogens is 412 g/mol. The van der Waals surface area contributed by atoms with Gasteiger partial charge in [0.25, 0.3) is 20.4 Å². The van der Waals surface area contributed by atoms with E-state index in [4.69, 9.17) is 26.6 Å². The Labute approximate surface area is 110 Å². The molecule has 0 rings (SSSR count). The van der Waals surface area contributed by atoms with E-state index >= 15 is 0 Å². The Bertz CT molecular complexity index is 165. The van der Waals surface area contributed by atoms with Gasteiger partial charge in [0.2, 0.25) is 0 Å². The summed E-state index contributed by atoms with van der Waals surface area (Å²) in [5, 5.41) is 0. The second-order valence-electron chi connectivity index (χ2n) is 0.679. The van der Waals surface area contributed by atoms with Gasteiger partial charge >= 0.3 is 29.6 Å². The van der Waals surface area contributed by atoms with Crippen molar-refractivity contribution >= 4 is 31.6 Å². The van der Waals surface area contributed by atoms with Crippen molar-refractivity contribution in [2.75, 3.05) is 0 Å². The number of hydrogen-bond donors (Lipinski definition) is 4. The zero-order valence-electron chi connectivity index (χ0n) is 6.13. The molecule has 0 aliphatic rings. The summed E-state index contributed by atoms with van der Waals surface area (Å²) in [5.74, 6) is 0. The van der Waals surface area contributed by atoms with Crippen molar-refractivity contribution in [2.24, 2.45) is 0 Å². The van der Waals surface area contributed by atoms with Gasteiger partial charge in [0.1, 0.15) is 0 Å². The smallest absolute Gasteiger partial charge is 1.00 e. The Balaban J connectivity index is -0.0000000221. The van der Waals surface area contributed by atoms with Crippen LogP contribution in [0.5, 0.6) is 0 Å². The summed E-state index contributed by atoms with van der Waals surface area (Å²) in [6.07, 6.45) is 0. The summed E-state index contributed by atoms with van der Waals surface area (Å²) in [6, 6.07) is 0. The van der Waals surface area contributed by atoms with Gasteiger partial charge in [-0.3, -0.25) is 18.2 Å². The Hall–Kier alpha value is 2.10. The fourth-order valence-electron chi connectivity index (χ4n) is 0. The molecule has 0 spiro atoms. The Morgan fingerprint density at radius 3 is 1.36 bits per heavy atom. The van der Waals surface area contributed by atoms with E-state index in [2.05, 4.69) is 11.2 Å². The molecule has 0 unspecified atom stereocenters. The van der Waals surface area contributed by atoms with E-state index in [1.807, 2.05) is 0 Å². The van der Waals surface area contributed by atoms with Crippen molar-refractivity contribution in [1.82, 2.24) is 0 Å². The minimum Gasteiger partial charge on any atom is -1.00 e. The standard InChI is InChI=1S/Au.Na.H2O3S2.H2O3S.H/c;;1-5(2,3)4;1-4(2)3;/h;;(H2,1,2,3,4);(H2,1,2,3);/q;+1;;;-1. The van der Waals surface area contributed by atoms with Crippen LogP contribution in [-0.2, 0) is 54.0 Å². The van der Waals surface area contributed by atoms with Crippen molar-refractivity contribution in [3.05, 3.63) is 0 Å². The van der Waals surface area contributed by atoms with E-state index in [0.29, 0.717) is 0 Å². The van der Waals surface area contributed by atoms with Gasteiger partial charge in [-0.1, -0.05) is 0 Å². The number of hydrogen-bond acceptors (Lipinski definition) is 3. The largest absolute Gasteiger partial charge is 1.00 e. The molecule has 11 heteroatoms.